The molecule has 0 aliphatic carbocycles. The molecule has 1 aliphatic rings. The van der Waals surface area contributed by atoms with Gasteiger partial charge >= 0.3 is 0 Å². The number of sulfonamides is 1. The number of ether oxygens (including phenoxy) is 2. The second-order valence-corrected chi connectivity index (χ2v) is 6.50. The number of hydrogen-bond donors (Lipinski definition) is 0. The molecule has 1 aromatic rings. The SMILES string of the molecule is CN(C)C(=O)CN(c1ccc2c(c1)OCO2)S(C)(=O)=O. The molecule has 0 unspecified atom stereocenters. The summed E-state index contributed by atoms with van der Waals surface area (Å²) in [6.45, 7) is -0.153. The van der Waals surface area contributed by atoms with Gasteiger partial charge in [0.25, 0.3) is 0 Å². The number of anilines is 1. The topological polar surface area (TPSA) is 76.2 Å². The Kier molecular flexibility index (Phi) is 3.76. The van der Waals surface area contributed by atoms with Gasteiger partial charge in [-0.2, -0.15) is 0 Å². The second kappa shape index (κ2) is 5.20. The monoisotopic (exact) mass is 300 g/mol. The van der Waals surface area contributed by atoms with Gasteiger partial charge in [-0.05, 0) is 12.1 Å². The summed E-state index contributed by atoms with van der Waals surface area (Å²) in [5.74, 6) is 0.711. The van der Waals surface area contributed by atoms with Crippen LogP contribution in [0.25, 0.3) is 0 Å². The standard InChI is InChI=1S/C12H16N2O5S/c1-13(2)12(15)7-14(20(3,16)17)9-4-5-10-11(6-9)19-8-18-10/h4-6H,7-8H2,1-3H3. The fraction of sp³-hybridized carbons (Fsp3) is 0.417. The van der Waals surface area contributed by atoms with Gasteiger partial charge in [-0.25, -0.2) is 8.42 Å². The average molecular weight is 300 g/mol. The third-order valence-corrected chi connectivity index (χ3v) is 3.96. The van der Waals surface area contributed by atoms with Gasteiger partial charge in [0.15, 0.2) is 11.5 Å². The second-order valence-electron chi connectivity index (χ2n) is 4.60. The van der Waals surface area contributed by atoms with Crippen molar-refractivity contribution in [3.05, 3.63) is 18.2 Å². The number of carbonyl (C=O) groups excluding carboxylic acids is 1. The normalized spacial score (nSPS) is 13.2. The van der Waals surface area contributed by atoms with Crippen molar-refractivity contribution in [2.24, 2.45) is 0 Å². The number of amides is 1. The summed E-state index contributed by atoms with van der Waals surface area (Å²) in [5.41, 5.74) is 0.368. The van der Waals surface area contributed by atoms with Gasteiger partial charge in [0.2, 0.25) is 22.7 Å². The van der Waals surface area contributed by atoms with Crippen LogP contribution < -0.4 is 13.8 Å². The highest BCUT2D eigenvalue weighted by Gasteiger charge is 2.24. The highest BCUT2D eigenvalue weighted by atomic mass is 32.2. The van der Waals surface area contributed by atoms with E-state index in [1.165, 1.54) is 4.90 Å². The number of hydrogen-bond acceptors (Lipinski definition) is 5. The van der Waals surface area contributed by atoms with Crippen LogP contribution in [0.4, 0.5) is 5.69 Å². The summed E-state index contributed by atoms with van der Waals surface area (Å²) >= 11 is 0. The Morgan fingerprint density at radius 1 is 1.25 bits per heavy atom. The molecule has 0 atom stereocenters. The number of nitrogens with zero attached hydrogens (tertiary/aromatic N) is 2. The molecule has 1 amide bonds. The van der Waals surface area contributed by atoms with Gasteiger partial charge in [-0.1, -0.05) is 0 Å². The predicted octanol–water partition coefficient (Wildman–Crippen LogP) is 0.269. The summed E-state index contributed by atoms with van der Waals surface area (Å²) in [5, 5.41) is 0. The number of carbonyl (C=O) groups is 1. The molecular formula is C12H16N2O5S. The average Bonchev–Trinajstić information content (AvgIpc) is 2.80. The van der Waals surface area contributed by atoms with Crippen molar-refractivity contribution in [3.8, 4) is 11.5 Å². The first-order chi connectivity index (χ1) is 9.29. The molecule has 110 valence electrons. The molecule has 2 rings (SSSR count). The Hall–Kier alpha value is -1.96. The van der Waals surface area contributed by atoms with Crippen LogP contribution in [-0.2, 0) is 14.8 Å². The van der Waals surface area contributed by atoms with E-state index in [2.05, 4.69) is 0 Å². The van der Waals surface area contributed by atoms with Crippen LogP contribution in [0.2, 0.25) is 0 Å². The van der Waals surface area contributed by atoms with Gasteiger partial charge < -0.3 is 14.4 Å². The lowest BCUT2D eigenvalue weighted by Gasteiger charge is -2.23. The molecule has 0 N–H and O–H groups in total. The van der Waals surface area contributed by atoms with Crippen molar-refractivity contribution in [3.63, 3.8) is 0 Å². The van der Waals surface area contributed by atoms with Crippen LogP contribution >= 0.6 is 0 Å². The van der Waals surface area contributed by atoms with E-state index in [0.29, 0.717) is 17.2 Å². The maximum Gasteiger partial charge on any atom is 0.242 e. The first-order valence-corrected chi connectivity index (χ1v) is 7.71. The molecule has 8 heteroatoms. The summed E-state index contributed by atoms with van der Waals surface area (Å²) in [6, 6.07) is 4.75. The molecule has 0 aromatic heterocycles. The molecule has 7 nitrogen and oxygen atoms in total. The van der Waals surface area contributed by atoms with Crippen LogP contribution in [0.3, 0.4) is 0 Å². The molecular weight excluding hydrogens is 284 g/mol. The van der Waals surface area contributed by atoms with Crippen molar-refractivity contribution in [2.75, 3.05) is 38.0 Å². The predicted molar refractivity (Wildman–Crippen MR) is 73.4 cm³/mol. The third-order valence-electron chi connectivity index (χ3n) is 2.82. The van der Waals surface area contributed by atoms with Crippen LogP contribution in [0.15, 0.2) is 18.2 Å². The van der Waals surface area contributed by atoms with E-state index >= 15 is 0 Å². The van der Waals surface area contributed by atoms with Crippen molar-refractivity contribution in [1.29, 1.82) is 0 Å². The zero-order chi connectivity index (χ0) is 14.9. The largest absolute Gasteiger partial charge is 0.454 e. The first-order valence-electron chi connectivity index (χ1n) is 5.86. The van der Waals surface area contributed by atoms with Crippen LogP contribution in [0, 0.1) is 0 Å². The lowest BCUT2D eigenvalue weighted by atomic mass is 10.3. The summed E-state index contributed by atoms with van der Waals surface area (Å²) in [4.78, 5) is 13.1. The van der Waals surface area contributed by atoms with E-state index in [1.54, 1.807) is 32.3 Å². The third kappa shape index (κ3) is 2.96. The minimum absolute atomic E-state index is 0.105. The molecule has 0 spiro atoms. The minimum Gasteiger partial charge on any atom is -0.454 e. The number of fused-ring (bicyclic) bond motifs is 1. The molecule has 0 radical (unpaired) electrons. The summed E-state index contributed by atoms with van der Waals surface area (Å²) in [6.07, 6.45) is 1.06. The molecule has 0 saturated heterocycles. The molecule has 1 aliphatic heterocycles. The summed E-state index contributed by atoms with van der Waals surface area (Å²) in [7, 11) is -0.431. The van der Waals surface area contributed by atoms with E-state index in [0.717, 1.165) is 10.6 Å². The smallest absolute Gasteiger partial charge is 0.242 e. The molecule has 20 heavy (non-hydrogen) atoms. The van der Waals surface area contributed by atoms with Crippen LogP contribution in [0.1, 0.15) is 0 Å². The lowest BCUT2D eigenvalue weighted by Crippen LogP contribution is -2.39. The van der Waals surface area contributed by atoms with E-state index in [1.807, 2.05) is 0 Å². The Bertz CT molecular complexity index is 627. The minimum atomic E-state index is -3.57. The highest BCUT2D eigenvalue weighted by molar-refractivity contribution is 7.92. The first kappa shape index (κ1) is 14.4. The number of likely N-dealkylation sites (N-methyl/N-ethyl adjacent to an activating group) is 1. The van der Waals surface area contributed by atoms with Crippen LogP contribution in [-0.4, -0.2) is 52.9 Å². The summed E-state index contributed by atoms with van der Waals surface area (Å²) < 4.78 is 35.2. The van der Waals surface area contributed by atoms with Crippen molar-refractivity contribution in [2.45, 2.75) is 0 Å². The quantitative estimate of drug-likeness (QED) is 0.798. The van der Waals surface area contributed by atoms with Crippen molar-refractivity contribution < 1.29 is 22.7 Å². The Morgan fingerprint density at radius 2 is 1.90 bits per heavy atom. The maximum absolute atomic E-state index is 11.9. The molecule has 0 saturated carbocycles. The van der Waals surface area contributed by atoms with Crippen LogP contribution in [0.5, 0.6) is 11.5 Å². The van der Waals surface area contributed by atoms with Gasteiger partial charge in [-0.15, -0.1) is 0 Å². The van der Waals surface area contributed by atoms with Gasteiger partial charge in [0.1, 0.15) is 6.54 Å². The highest BCUT2D eigenvalue weighted by Crippen LogP contribution is 2.36. The zero-order valence-electron chi connectivity index (χ0n) is 11.5. The molecule has 0 bridgehead atoms. The molecule has 1 aromatic carbocycles. The fourth-order valence-electron chi connectivity index (χ4n) is 1.70. The Morgan fingerprint density at radius 3 is 2.50 bits per heavy atom. The van der Waals surface area contributed by atoms with Gasteiger partial charge in [0, 0.05) is 20.2 Å². The van der Waals surface area contributed by atoms with E-state index in [4.69, 9.17) is 9.47 Å². The molecule has 1 heterocycles. The van der Waals surface area contributed by atoms with Crippen molar-refractivity contribution >= 4 is 21.6 Å². The lowest BCUT2D eigenvalue weighted by molar-refractivity contribution is -0.127. The fourth-order valence-corrected chi connectivity index (χ4v) is 2.55. The number of benzene rings is 1. The van der Waals surface area contributed by atoms with Gasteiger partial charge in [0.05, 0.1) is 11.9 Å². The van der Waals surface area contributed by atoms with E-state index in [-0.39, 0.29) is 19.2 Å². The van der Waals surface area contributed by atoms with Gasteiger partial charge in [-0.3, -0.25) is 9.10 Å². The van der Waals surface area contributed by atoms with Crippen molar-refractivity contribution in [1.82, 2.24) is 4.90 Å². The maximum atomic E-state index is 11.9. The molecule has 0 fully saturated rings. The number of rotatable bonds is 4. The zero-order valence-corrected chi connectivity index (χ0v) is 12.3. The van der Waals surface area contributed by atoms with E-state index < -0.39 is 10.0 Å². The van der Waals surface area contributed by atoms with E-state index in [9.17, 15) is 13.2 Å². The Labute approximate surface area is 117 Å². The Balaban J connectivity index is 2.35.